The first kappa shape index (κ1) is 15.8. The number of thiophene rings is 1. The van der Waals surface area contributed by atoms with Crippen LogP contribution in [-0.4, -0.2) is 31.8 Å². The molecule has 0 saturated carbocycles. The van der Waals surface area contributed by atoms with Crippen molar-refractivity contribution >= 4 is 22.9 Å². The first-order valence-electron chi connectivity index (χ1n) is 7.67. The molecule has 1 aliphatic rings. The fourth-order valence-corrected chi connectivity index (χ4v) is 2.94. The Labute approximate surface area is 139 Å². The van der Waals surface area contributed by atoms with Crippen LogP contribution in [0.2, 0.25) is 0 Å². The van der Waals surface area contributed by atoms with Crippen molar-refractivity contribution in [2.75, 3.05) is 25.1 Å². The van der Waals surface area contributed by atoms with Crippen LogP contribution in [0.25, 0.3) is 0 Å². The minimum absolute atomic E-state index is 0.0261. The maximum Gasteiger partial charge on any atom is 0.239 e. The molecule has 1 fully saturated rings. The normalized spacial score (nSPS) is 17.0. The van der Waals surface area contributed by atoms with Crippen LogP contribution in [0.3, 0.4) is 0 Å². The first-order valence-corrected chi connectivity index (χ1v) is 8.55. The molecule has 3 rings (SSSR count). The summed E-state index contributed by atoms with van der Waals surface area (Å²) in [6.07, 6.45) is 1.08. The third-order valence-electron chi connectivity index (χ3n) is 3.54. The molecule has 0 spiro atoms. The molecule has 6 heteroatoms. The fourth-order valence-electron chi connectivity index (χ4n) is 2.29. The van der Waals surface area contributed by atoms with Gasteiger partial charge in [-0.05, 0) is 35.7 Å². The number of rotatable bonds is 7. The zero-order chi connectivity index (χ0) is 15.9. The predicted molar refractivity (Wildman–Crippen MR) is 90.9 cm³/mol. The van der Waals surface area contributed by atoms with Crippen molar-refractivity contribution in [2.45, 2.75) is 19.1 Å². The molecule has 1 aromatic heterocycles. The van der Waals surface area contributed by atoms with Gasteiger partial charge in [0.15, 0.2) is 0 Å². The molecule has 1 atom stereocenters. The van der Waals surface area contributed by atoms with Crippen LogP contribution in [0.5, 0.6) is 5.75 Å². The van der Waals surface area contributed by atoms with Gasteiger partial charge in [0.2, 0.25) is 5.91 Å². The second-order valence-electron chi connectivity index (χ2n) is 5.34. The van der Waals surface area contributed by atoms with Gasteiger partial charge in [0.1, 0.15) is 11.9 Å². The maximum atomic E-state index is 11.8. The smallest absolute Gasteiger partial charge is 0.239 e. The molecule has 1 aliphatic heterocycles. The highest BCUT2D eigenvalue weighted by molar-refractivity contribution is 7.09. The Bertz CT molecular complexity index is 607. The highest BCUT2D eigenvalue weighted by atomic mass is 32.1. The van der Waals surface area contributed by atoms with E-state index in [1.807, 2.05) is 41.8 Å². The minimum Gasteiger partial charge on any atom is -0.488 e. The van der Waals surface area contributed by atoms with E-state index in [9.17, 15) is 4.79 Å². The van der Waals surface area contributed by atoms with E-state index < -0.39 is 0 Å². The van der Waals surface area contributed by atoms with Crippen molar-refractivity contribution in [3.63, 3.8) is 0 Å². The van der Waals surface area contributed by atoms with Crippen LogP contribution in [0.15, 0.2) is 41.8 Å². The molecule has 23 heavy (non-hydrogen) atoms. The van der Waals surface area contributed by atoms with E-state index in [2.05, 4.69) is 10.6 Å². The van der Waals surface area contributed by atoms with Gasteiger partial charge in [-0.3, -0.25) is 4.79 Å². The monoisotopic (exact) mass is 332 g/mol. The Kier molecular flexibility index (Phi) is 5.50. The lowest BCUT2D eigenvalue weighted by atomic mass is 10.3. The Balaban J connectivity index is 1.40. The van der Waals surface area contributed by atoms with Crippen molar-refractivity contribution in [2.24, 2.45) is 0 Å². The molecule has 2 N–H and O–H groups in total. The lowest BCUT2D eigenvalue weighted by Gasteiger charge is -2.12. The molecule has 5 nitrogen and oxygen atoms in total. The van der Waals surface area contributed by atoms with E-state index in [1.165, 1.54) is 0 Å². The average molecular weight is 332 g/mol. The molecule has 0 bridgehead atoms. The molecule has 122 valence electrons. The van der Waals surface area contributed by atoms with Gasteiger partial charge < -0.3 is 20.1 Å². The van der Waals surface area contributed by atoms with Gasteiger partial charge in [0.05, 0.1) is 26.3 Å². The van der Waals surface area contributed by atoms with Crippen LogP contribution in [0.1, 0.15) is 11.3 Å². The average Bonchev–Trinajstić information content (AvgIpc) is 3.26. The molecular formula is C17H20N2O3S. The SMILES string of the molecule is O=C(CNc1ccc(OC2CCOC2)cc1)NCc1cccs1. The van der Waals surface area contributed by atoms with Crippen molar-refractivity contribution in [3.05, 3.63) is 46.7 Å². The number of hydrogen-bond acceptors (Lipinski definition) is 5. The number of ether oxygens (including phenoxy) is 2. The van der Waals surface area contributed by atoms with Crippen molar-refractivity contribution < 1.29 is 14.3 Å². The van der Waals surface area contributed by atoms with Crippen LogP contribution in [0, 0.1) is 0 Å². The first-order chi connectivity index (χ1) is 11.3. The van der Waals surface area contributed by atoms with Gasteiger partial charge in [0, 0.05) is 17.0 Å². The molecule has 1 amide bonds. The van der Waals surface area contributed by atoms with Gasteiger partial charge in [-0.1, -0.05) is 6.07 Å². The highest BCUT2D eigenvalue weighted by Crippen LogP contribution is 2.19. The number of carbonyl (C=O) groups is 1. The van der Waals surface area contributed by atoms with E-state index in [1.54, 1.807) is 11.3 Å². The summed E-state index contributed by atoms with van der Waals surface area (Å²) in [6, 6.07) is 11.6. The van der Waals surface area contributed by atoms with Crippen LogP contribution >= 0.6 is 11.3 Å². The minimum atomic E-state index is -0.0261. The number of nitrogens with one attached hydrogen (secondary N) is 2. The molecule has 2 heterocycles. The standard InChI is InChI=1S/C17H20N2O3S/c20-17(19-10-16-2-1-9-23-16)11-18-13-3-5-14(6-4-13)22-15-7-8-21-12-15/h1-6,9,15,18H,7-8,10-12H2,(H,19,20). The summed E-state index contributed by atoms with van der Waals surface area (Å²) in [7, 11) is 0. The van der Waals surface area contributed by atoms with Crippen LogP contribution < -0.4 is 15.4 Å². The summed E-state index contributed by atoms with van der Waals surface area (Å²) >= 11 is 1.64. The van der Waals surface area contributed by atoms with Gasteiger partial charge in [-0.25, -0.2) is 0 Å². The van der Waals surface area contributed by atoms with E-state index in [0.717, 1.165) is 29.3 Å². The van der Waals surface area contributed by atoms with Crippen molar-refractivity contribution in [3.8, 4) is 5.75 Å². The number of amides is 1. The lowest BCUT2D eigenvalue weighted by Crippen LogP contribution is -2.29. The highest BCUT2D eigenvalue weighted by Gasteiger charge is 2.16. The summed E-state index contributed by atoms with van der Waals surface area (Å²) in [4.78, 5) is 12.9. The zero-order valence-corrected chi connectivity index (χ0v) is 13.6. The zero-order valence-electron chi connectivity index (χ0n) is 12.8. The van der Waals surface area contributed by atoms with E-state index >= 15 is 0 Å². The number of benzene rings is 1. The quantitative estimate of drug-likeness (QED) is 0.818. The number of carbonyl (C=O) groups excluding carboxylic acids is 1. The second kappa shape index (κ2) is 7.99. The van der Waals surface area contributed by atoms with Crippen molar-refractivity contribution in [1.29, 1.82) is 0 Å². The summed E-state index contributed by atoms with van der Waals surface area (Å²) in [5.74, 6) is 0.801. The van der Waals surface area contributed by atoms with Crippen LogP contribution in [0.4, 0.5) is 5.69 Å². The third kappa shape index (κ3) is 4.97. The molecule has 1 aromatic carbocycles. The molecule has 1 unspecified atom stereocenters. The topological polar surface area (TPSA) is 59.6 Å². The molecule has 0 radical (unpaired) electrons. The summed E-state index contributed by atoms with van der Waals surface area (Å²) in [6.45, 7) is 2.26. The molecule has 1 saturated heterocycles. The second-order valence-corrected chi connectivity index (χ2v) is 6.37. The molecule has 0 aliphatic carbocycles. The van der Waals surface area contributed by atoms with Gasteiger partial charge in [0.25, 0.3) is 0 Å². The Morgan fingerprint density at radius 3 is 2.87 bits per heavy atom. The van der Waals surface area contributed by atoms with Gasteiger partial charge in [-0.2, -0.15) is 0 Å². The summed E-state index contributed by atoms with van der Waals surface area (Å²) in [5.41, 5.74) is 0.895. The Morgan fingerprint density at radius 1 is 1.30 bits per heavy atom. The maximum absolute atomic E-state index is 11.8. The predicted octanol–water partition coefficient (Wildman–Crippen LogP) is 2.64. The number of anilines is 1. The van der Waals surface area contributed by atoms with Gasteiger partial charge in [-0.15, -0.1) is 11.3 Å². The summed E-state index contributed by atoms with van der Waals surface area (Å²) in [5, 5.41) is 7.99. The van der Waals surface area contributed by atoms with E-state index in [4.69, 9.17) is 9.47 Å². The van der Waals surface area contributed by atoms with Gasteiger partial charge >= 0.3 is 0 Å². The third-order valence-corrected chi connectivity index (χ3v) is 4.41. The lowest BCUT2D eigenvalue weighted by molar-refractivity contribution is -0.119. The molecule has 2 aromatic rings. The Morgan fingerprint density at radius 2 is 2.17 bits per heavy atom. The van der Waals surface area contributed by atoms with E-state index in [0.29, 0.717) is 13.2 Å². The number of hydrogen-bond donors (Lipinski definition) is 2. The Hall–Kier alpha value is -2.05. The summed E-state index contributed by atoms with van der Waals surface area (Å²) < 4.78 is 11.1. The molecular weight excluding hydrogens is 312 g/mol. The van der Waals surface area contributed by atoms with E-state index in [-0.39, 0.29) is 18.6 Å². The fraction of sp³-hybridized carbons (Fsp3) is 0.353. The van der Waals surface area contributed by atoms with Crippen LogP contribution in [-0.2, 0) is 16.1 Å². The largest absolute Gasteiger partial charge is 0.488 e. The van der Waals surface area contributed by atoms with Crippen molar-refractivity contribution in [1.82, 2.24) is 5.32 Å².